The molecule has 132 valence electrons. The lowest BCUT2D eigenvalue weighted by atomic mass is 9.97. The summed E-state index contributed by atoms with van der Waals surface area (Å²) in [5.74, 6) is 5.75. The Morgan fingerprint density at radius 2 is 1.64 bits per heavy atom. The molecule has 0 saturated carbocycles. The Labute approximate surface area is 150 Å². The van der Waals surface area contributed by atoms with Crippen molar-refractivity contribution in [3.05, 3.63) is 59.7 Å². The van der Waals surface area contributed by atoms with E-state index in [1.807, 2.05) is 27.7 Å². The van der Waals surface area contributed by atoms with Gasteiger partial charge in [-0.25, -0.2) is 8.42 Å². The second-order valence-electron chi connectivity index (χ2n) is 6.93. The van der Waals surface area contributed by atoms with E-state index in [1.54, 1.807) is 48.5 Å². The zero-order chi connectivity index (χ0) is 18.7. The molecule has 0 aliphatic heterocycles. The molecule has 0 aromatic heterocycles. The summed E-state index contributed by atoms with van der Waals surface area (Å²) in [5, 5.41) is 10.4. The van der Waals surface area contributed by atoms with E-state index in [9.17, 15) is 13.5 Å². The van der Waals surface area contributed by atoms with Crippen LogP contribution in [-0.4, -0.2) is 13.5 Å². The van der Waals surface area contributed by atoms with Crippen LogP contribution in [0.15, 0.2) is 53.4 Å². The third-order valence-electron chi connectivity index (χ3n) is 3.41. The highest BCUT2D eigenvalue weighted by Crippen LogP contribution is 2.25. The maximum absolute atomic E-state index is 12.6. The van der Waals surface area contributed by atoms with Gasteiger partial charge in [0.1, 0.15) is 6.10 Å². The van der Waals surface area contributed by atoms with Gasteiger partial charge in [-0.15, -0.1) is 0 Å². The van der Waals surface area contributed by atoms with Crippen LogP contribution in [0.1, 0.15) is 38.0 Å². The van der Waals surface area contributed by atoms with E-state index in [2.05, 4.69) is 16.6 Å². The second kappa shape index (κ2) is 7.30. The first kappa shape index (κ1) is 19.0. The van der Waals surface area contributed by atoms with Crippen molar-refractivity contribution in [2.24, 2.45) is 5.41 Å². The standard InChI is InChI=1S/C20H23NO3S/c1-15-9-11-16(12-10-15)25(23,24)21-18-8-6-5-7-17(18)19(22)13-14-20(2,3)4/h5-12,19,21-22H,1-4H3. The fraction of sp³-hybridized carbons (Fsp3) is 0.300. The van der Waals surface area contributed by atoms with Crippen LogP contribution in [0.2, 0.25) is 0 Å². The first-order valence-corrected chi connectivity index (χ1v) is 9.46. The zero-order valence-corrected chi connectivity index (χ0v) is 15.7. The van der Waals surface area contributed by atoms with Crippen LogP contribution < -0.4 is 4.72 Å². The second-order valence-corrected chi connectivity index (χ2v) is 8.61. The summed E-state index contributed by atoms with van der Waals surface area (Å²) >= 11 is 0. The molecule has 2 rings (SSSR count). The SMILES string of the molecule is Cc1ccc(S(=O)(=O)Nc2ccccc2C(O)C#CC(C)(C)C)cc1. The van der Waals surface area contributed by atoms with Crippen molar-refractivity contribution in [3.63, 3.8) is 0 Å². The highest BCUT2D eigenvalue weighted by Gasteiger charge is 2.18. The van der Waals surface area contributed by atoms with Crippen molar-refractivity contribution in [3.8, 4) is 11.8 Å². The molecule has 5 heteroatoms. The van der Waals surface area contributed by atoms with Crippen LogP contribution >= 0.6 is 0 Å². The van der Waals surface area contributed by atoms with E-state index >= 15 is 0 Å². The van der Waals surface area contributed by atoms with Crippen LogP contribution in [0.3, 0.4) is 0 Å². The Hall–Kier alpha value is -2.29. The lowest BCUT2D eigenvalue weighted by molar-refractivity contribution is 0.238. The molecule has 0 aliphatic carbocycles. The number of aryl methyl sites for hydroxylation is 1. The molecule has 0 aliphatic rings. The molecule has 2 N–H and O–H groups in total. The van der Waals surface area contributed by atoms with Crippen LogP contribution in [-0.2, 0) is 10.0 Å². The summed E-state index contributed by atoms with van der Waals surface area (Å²) < 4.78 is 27.7. The topological polar surface area (TPSA) is 66.4 Å². The molecule has 0 bridgehead atoms. The third kappa shape index (κ3) is 5.35. The van der Waals surface area contributed by atoms with E-state index in [0.29, 0.717) is 11.3 Å². The van der Waals surface area contributed by atoms with Gasteiger partial charge in [0, 0.05) is 11.0 Å². The van der Waals surface area contributed by atoms with Crippen LogP contribution in [0, 0.1) is 24.2 Å². The first-order valence-electron chi connectivity index (χ1n) is 7.98. The molecule has 1 atom stereocenters. The summed E-state index contributed by atoms with van der Waals surface area (Å²) in [6, 6.07) is 13.3. The van der Waals surface area contributed by atoms with Gasteiger partial charge in [-0.1, -0.05) is 47.7 Å². The number of sulfonamides is 1. The number of rotatable bonds is 4. The molecule has 1 unspecified atom stereocenters. The summed E-state index contributed by atoms with van der Waals surface area (Å²) in [6.45, 7) is 7.72. The van der Waals surface area contributed by atoms with E-state index in [0.717, 1.165) is 5.56 Å². The molecule has 4 nitrogen and oxygen atoms in total. The van der Waals surface area contributed by atoms with Gasteiger partial charge in [-0.05, 0) is 45.9 Å². The number of aliphatic hydroxyl groups is 1. The van der Waals surface area contributed by atoms with E-state index in [1.165, 1.54) is 0 Å². The van der Waals surface area contributed by atoms with Gasteiger partial charge >= 0.3 is 0 Å². The van der Waals surface area contributed by atoms with Gasteiger partial charge in [0.15, 0.2) is 0 Å². The minimum absolute atomic E-state index is 0.170. The van der Waals surface area contributed by atoms with Crippen molar-refractivity contribution < 1.29 is 13.5 Å². The van der Waals surface area contributed by atoms with Crippen LogP contribution in [0.5, 0.6) is 0 Å². The minimum Gasteiger partial charge on any atom is -0.376 e. The molecule has 2 aromatic rings. The number of aliphatic hydroxyl groups excluding tert-OH is 1. The lowest BCUT2D eigenvalue weighted by Gasteiger charge is -2.15. The van der Waals surface area contributed by atoms with Crippen LogP contribution in [0.4, 0.5) is 5.69 Å². The number of anilines is 1. The molecule has 2 aromatic carbocycles. The monoisotopic (exact) mass is 357 g/mol. The molecule has 0 saturated heterocycles. The minimum atomic E-state index is -3.74. The fourth-order valence-electron chi connectivity index (χ4n) is 2.11. The predicted molar refractivity (Wildman–Crippen MR) is 101 cm³/mol. The molecule has 0 fully saturated rings. The number of hydrogen-bond donors (Lipinski definition) is 2. The Morgan fingerprint density at radius 3 is 2.24 bits per heavy atom. The summed E-state index contributed by atoms with van der Waals surface area (Å²) in [4.78, 5) is 0.170. The summed E-state index contributed by atoms with van der Waals surface area (Å²) in [7, 11) is -3.74. The van der Waals surface area contributed by atoms with Crippen molar-refractivity contribution in [1.29, 1.82) is 0 Å². The third-order valence-corrected chi connectivity index (χ3v) is 4.80. The molecule has 0 heterocycles. The van der Waals surface area contributed by atoms with Crippen LogP contribution in [0.25, 0.3) is 0 Å². The number of para-hydroxylation sites is 1. The lowest BCUT2D eigenvalue weighted by Crippen LogP contribution is -2.15. The normalized spacial score (nSPS) is 12.8. The van der Waals surface area contributed by atoms with Crippen molar-refractivity contribution in [2.75, 3.05) is 4.72 Å². The van der Waals surface area contributed by atoms with Crippen molar-refractivity contribution in [2.45, 2.75) is 38.7 Å². The number of benzene rings is 2. The van der Waals surface area contributed by atoms with E-state index in [4.69, 9.17) is 0 Å². The maximum Gasteiger partial charge on any atom is 0.261 e. The van der Waals surface area contributed by atoms with Gasteiger partial charge < -0.3 is 5.11 Å². The Morgan fingerprint density at radius 1 is 1.04 bits per heavy atom. The average molecular weight is 357 g/mol. The number of hydrogen-bond acceptors (Lipinski definition) is 3. The highest BCUT2D eigenvalue weighted by atomic mass is 32.2. The maximum atomic E-state index is 12.6. The first-order chi connectivity index (χ1) is 11.6. The van der Waals surface area contributed by atoms with Gasteiger partial charge in [0.05, 0.1) is 10.6 Å². The van der Waals surface area contributed by atoms with E-state index < -0.39 is 16.1 Å². The van der Waals surface area contributed by atoms with Crippen molar-refractivity contribution >= 4 is 15.7 Å². The van der Waals surface area contributed by atoms with Gasteiger partial charge in [-0.3, -0.25) is 4.72 Å². The fourth-order valence-corrected chi connectivity index (χ4v) is 3.20. The Kier molecular flexibility index (Phi) is 5.56. The average Bonchev–Trinajstić information content (AvgIpc) is 2.52. The summed E-state index contributed by atoms with van der Waals surface area (Å²) in [5.41, 5.74) is 1.47. The largest absolute Gasteiger partial charge is 0.376 e. The molecule has 25 heavy (non-hydrogen) atoms. The highest BCUT2D eigenvalue weighted by molar-refractivity contribution is 7.92. The molecule has 0 radical (unpaired) electrons. The number of nitrogens with one attached hydrogen (secondary N) is 1. The summed E-state index contributed by atoms with van der Waals surface area (Å²) in [6.07, 6.45) is -1.07. The van der Waals surface area contributed by atoms with Crippen molar-refractivity contribution in [1.82, 2.24) is 0 Å². The van der Waals surface area contributed by atoms with Gasteiger partial charge in [0.25, 0.3) is 10.0 Å². The predicted octanol–water partition coefficient (Wildman–Crippen LogP) is 3.88. The quantitative estimate of drug-likeness (QED) is 0.816. The zero-order valence-electron chi connectivity index (χ0n) is 14.9. The smallest absolute Gasteiger partial charge is 0.261 e. The Bertz CT molecular complexity index is 898. The molecular weight excluding hydrogens is 334 g/mol. The Balaban J connectivity index is 2.34. The molecular formula is C20H23NO3S. The van der Waals surface area contributed by atoms with E-state index in [-0.39, 0.29) is 10.3 Å². The van der Waals surface area contributed by atoms with Gasteiger partial charge in [0.2, 0.25) is 0 Å². The molecule has 0 amide bonds. The molecule has 0 spiro atoms. The van der Waals surface area contributed by atoms with Gasteiger partial charge in [-0.2, -0.15) is 0 Å².